The first kappa shape index (κ1) is 8.52. The molecule has 0 aromatic heterocycles. The summed E-state index contributed by atoms with van der Waals surface area (Å²) in [4.78, 5) is 0. The van der Waals surface area contributed by atoms with Crippen LogP contribution in [0.3, 0.4) is 0 Å². The van der Waals surface area contributed by atoms with Crippen molar-refractivity contribution in [3.63, 3.8) is 0 Å². The van der Waals surface area contributed by atoms with Crippen molar-refractivity contribution in [1.29, 1.82) is 0 Å². The summed E-state index contributed by atoms with van der Waals surface area (Å²) in [6.45, 7) is 0.263. The van der Waals surface area contributed by atoms with Gasteiger partial charge in [-0.05, 0) is 37.5 Å². The lowest BCUT2D eigenvalue weighted by molar-refractivity contribution is -0.0749. The van der Waals surface area contributed by atoms with Gasteiger partial charge in [0.1, 0.15) is 0 Å². The predicted molar refractivity (Wildman–Crippen MR) is 46.7 cm³/mol. The van der Waals surface area contributed by atoms with Crippen molar-refractivity contribution in [1.82, 2.24) is 0 Å². The predicted octanol–water partition coefficient (Wildman–Crippen LogP) is 1.31. The van der Waals surface area contributed by atoms with Crippen LogP contribution in [0.5, 0.6) is 0 Å². The highest BCUT2D eigenvalue weighted by Gasteiger charge is 2.41. The molecular weight excluding hydrogens is 152 g/mol. The summed E-state index contributed by atoms with van der Waals surface area (Å²) in [7, 11) is 0. The van der Waals surface area contributed by atoms with Gasteiger partial charge in [0.25, 0.3) is 0 Å². The van der Waals surface area contributed by atoms with Gasteiger partial charge in [-0.15, -0.1) is 0 Å². The van der Waals surface area contributed by atoms with Crippen LogP contribution in [-0.2, 0) is 0 Å². The fourth-order valence-electron chi connectivity index (χ4n) is 3.08. The van der Waals surface area contributed by atoms with Gasteiger partial charge in [-0.3, -0.25) is 0 Å². The quantitative estimate of drug-likeness (QED) is 0.623. The minimum Gasteiger partial charge on any atom is -0.396 e. The lowest BCUT2D eigenvalue weighted by Gasteiger charge is -2.44. The zero-order valence-electron chi connectivity index (χ0n) is 7.50. The Morgan fingerprint density at radius 2 is 2.17 bits per heavy atom. The van der Waals surface area contributed by atoms with Gasteiger partial charge < -0.3 is 10.2 Å². The molecule has 0 aliphatic heterocycles. The van der Waals surface area contributed by atoms with E-state index in [1.165, 1.54) is 12.8 Å². The highest BCUT2D eigenvalue weighted by atomic mass is 16.3. The number of fused-ring (bicyclic) bond motifs is 2. The number of hydrogen-bond acceptors (Lipinski definition) is 2. The molecule has 2 aliphatic carbocycles. The molecule has 3 atom stereocenters. The third-order valence-corrected chi connectivity index (χ3v) is 3.52. The average molecular weight is 170 g/mol. The molecule has 2 heteroatoms. The third-order valence-electron chi connectivity index (χ3n) is 3.52. The maximum Gasteiger partial charge on any atom is 0.0654 e. The van der Waals surface area contributed by atoms with Gasteiger partial charge in [0.15, 0.2) is 0 Å². The second-order valence-corrected chi connectivity index (χ2v) is 4.68. The Bertz CT molecular complexity index is 169. The Hall–Kier alpha value is -0.0800. The molecule has 2 saturated carbocycles. The van der Waals surface area contributed by atoms with Crippen molar-refractivity contribution >= 4 is 0 Å². The molecule has 0 amide bonds. The third kappa shape index (κ3) is 1.50. The lowest BCUT2D eigenvalue weighted by atomic mass is 9.65. The van der Waals surface area contributed by atoms with Gasteiger partial charge in [-0.2, -0.15) is 0 Å². The normalized spacial score (nSPS) is 47.5. The highest BCUT2D eigenvalue weighted by molar-refractivity contribution is 4.93. The minimum atomic E-state index is -0.408. The van der Waals surface area contributed by atoms with Gasteiger partial charge in [0, 0.05) is 6.61 Å². The van der Waals surface area contributed by atoms with E-state index in [4.69, 9.17) is 5.11 Å². The van der Waals surface area contributed by atoms with E-state index < -0.39 is 5.60 Å². The zero-order valence-corrected chi connectivity index (χ0v) is 7.50. The number of rotatable bonds is 1. The molecule has 0 aromatic rings. The van der Waals surface area contributed by atoms with E-state index in [0.717, 1.165) is 25.7 Å². The monoisotopic (exact) mass is 170 g/mol. The van der Waals surface area contributed by atoms with Crippen molar-refractivity contribution in [3.05, 3.63) is 0 Å². The van der Waals surface area contributed by atoms with Gasteiger partial charge in [0.05, 0.1) is 5.60 Å². The molecule has 2 fully saturated rings. The van der Waals surface area contributed by atoms with Crippen LogP contribution in [0.25, 0.3) is 0 Å². The van der Waals surface area contributed by atoms with Gasteiger partial charge in [-0.1, -0.05) is 12.8 Å². The Kier molecular flexibility index (Phi) is 2.13. The van der Waals surface area contributed by atoms with Crippen molar-refractivity contribution in [2.24, 2.45) is 11.8 Å². The van der Waals surface area contributed by atoms with Gasteiger partial charge >= 0.3 is 0 Å². The number of hydrogen-bond donors (Lipinski definition) is 2. The van der Waals surface area contributed by atoms with E-state index in [9.17, 15) is 5.11 Å². The van der Waals surface area contributed by atoms with Crippen molar-refractivity contribution in [3.8, 4) is 0 Å². The van der Waals surface area contributed by atoms with E-state index in [2.05, 4.69) is 0 Å². The minimum absolute atomic E-state index is 0.263. The molecule has 0 aromatic carbocycles. The first-order valence-electron chi connectivity index (χ1n) is 5.05. The first-order chi connectivity index (χ1) is 5.72. The molecule has 0 heterocycles. The summed E-state index contributed by atoms with van der Waals surface area (Å²) in [6.07, 6.45) is 6.36. The number of aliphatic hydroxyl groups excluding tert-OH is 1. The van der Waals surface area contributed by atoms with Crippen LogP contribution in [0.15, 0.2) is 0 Å². The summed E-state index contributed by atoms with van der Waals surface area (Å²) < 4.78 is 0. The maximum absolute atomic E-state index is 10.1. The van der Waals surface area contributed by atoms with E-state index in [-0.39, 0.29) is 6.61 Å². The fraction of sp³-hybridized carbons (Fsp3) is 1.00. The Morgan fingerprint density at radius 1 is 1.33 bits per heavy atom. The van der Waals surface area contributed by atoms with E-state index in [0.29, 0.717) is 11.8 Å². The van der Waals surface area contributed by atoms with Crippen LogP contribution in [0, 0.1) is 11.8 Å². The summed E-state index contributed by atoms with van der Waals surface area (Å²) in [5, 5.41) is 19.1. The average Bonchev–Trinajstić information content (AvgIpc) is 2.02. The zero-order chi connectivity index (χ0) is 8.60. The molecule has 2 rings (SSSR count). The fourth-order valence-corrected chi connectivity index (χ4v) is 3.08. The topological polar surface area (TPSA) is 40.5 Å². The molecule has 0 radical (unpaired) electrons. The summed E-state index contributed by atoms with van der Waals surface area (Å²) in [5.41, 5.74) is -0.408. The summed E-state index contributed by atoms with van der Waals surface area (Å²) in [5.74, 6) is 1.06. The molecule has 2 nitrogen and oxygen atoms in total. The van der Waals surface area contributed by atoms with E-state index in [1.54, 1.807) is 0 Å². The number of aliphatic hydroxyl groups is 2. The summed E-state index contributed by atoms with van der Waals surface area (Å²) >= 11 is 0. The van der Waals surface area contributed by atoms with Gasteiger partial charge in [-0.25, -0.2) is 0 Å². The van der Waals surface area contributed by atoms with Crippen molar-refractivity contribution in [2.75, 3.05) is 6.61 Å². The molecule has 2 bridgehead atoms. The molecule has 70 valence electrons. The molecule has 2 aliphatic rings. The van der Waals surface area contributed by atoms with Crippen LogP contribution in [0.2, 0.25) is 0 Å². The Labute approximate surface area is 73.6 Å². The van der Waals surface area contributed by atoms with E-state index in [1.807, 2.05) is 0 Å². The van der Waals surface area contributed by atoms with Gasteiger partial charge in [0.2, 0.25) is 0 Å². The largest absolute Gasteiger partial charge is 0.396 e. The van der Waals surface area contributed by atoms with Crippen molar-refractivity contribution < 1.29 is 10.2 Å². The second kappa shape index (κ2) is 3.00. The van der Waals surface area contributed by atoms with E-state index >= 15 is 0 Å². The molecule has 0 saturated heterocycles. The molecule has 0 spiro atoms. The second-order valence-electron chi connectivity index (χ2n) is 4.68. The smallest absolute Gasteiger partial charge is 0.0654 e. The Balaban J connectivity index is 2.05. The molecule has 2 N–H and O–H groups in total. The Morgan fingerprint density at radius 3 is 2.83 bits per heavy atom. The molecular formula is C10H18O2. The highest BCUT2D eigenvalue weighted by Crippen LogP contribution is 2.44. The van der Waals surface area contributed by atoms with Crippen LogP contribution in [0.1, 0.15) is 38.5 Å². The summed E-state index contributed by atoms with van der Waals surface area (Å²) in [6, 6.07) is 0. The van der Waals surface area contributed by atoms with Crippen LogP contribution in [-0.4, -0.2) is 22.4 Å². The van der Waals surface area contributed by atoms with Crippen LogP contribution in [0.4, 0.5) is 0 Å². The van der Waals surface area contributed by atoms with Crippen LogP contribution < -0.4 is 0 Å². The molecule has 3 unspecified atom stereocenters. The van der Waals surface area contributed by atoms with Crippen molar-refractivity contribution in [2.45, 2.75) is 44.1 Å². The van der Waals surface area contributed by atoms with Crippen LogP contribution >= 0.6 is 0 Å². The standard InChI is InChI=1S/C10H18O2/c11-7-9-4-8-2-1-3-10(12,5-8)6-9/h8-9,11-12H,1-7H2. The maximum atomic E-state index is 10.1. The first-order valence-corrected chi connectivity index (χ1v) is 5.05. The molecule has 12 heavy (non-hydrogen) atoms. The SMILES string of the molecule is OCC1CC2CCCC(O)(C1)C2. The lowest BCUT2D eigenvalue weighted by Crippen LogP contribution is -2.43.